The van der Waals surface area contributed by atoms with Crippen LogP contribution in [0.2, 0.25) is 0 Å². The fourth-order valence-electron chi connectivity index (χ4n) is 4.65. The Morgan fingerprint density at radius 2 is 1.82 bits per heavy atom. The Labute approximate surface area is 195 Å². The van der Waals surface area contributed by atoms with Crippen molar-refractivity contribution in [2.45, 2.75) is 44.7 Å². The van der Waals surface area contributed by atoms with E-state index in [-0.39, 0.29) is 30.5 Å². The van der Waals surface area contributed by atoms with Gasteiger partial charge in [0.15, 0.2) is 0 Å². The van der Waals surface area contributed by atoms with Gasteiger partial charge in [0.05, 0.1) is 32.0 Å². The molecule has 0 spiro atoms. The first-order chi connectivity index (χ1) is 16.1. The molecule has 0 aliphatic carbocycles. The molecule has 2 aromatic carbocycles. The molecule has 0 radical (unpaired) electrons. The van der Waals surface area contributed by atoms with Crippen molar-refractivity contribution in [3.05, 3.63) is 65.7 Å². The molecule has 2 atom stereocenters. The smallest absolute Gasteiger partial charge is 0.323 e. The van der Waals surface area contributed by atoms with Gasteiger partial charge in [0.1, 0.15) is 11.8 Å². The number of amides is 1. The molecule has 0 N–H and O–H groups in total. The van der Waals surface area contributed by atoms with Gasteiger partial charge in [0.2, 0.25) is 0 Å². The summed E-state index contributed by atoms with van der Waals surface area (Å²) in [6.45, 7) is 2.97. The van der Waals surface area contributed by atoms with Crippen LogP contribution >= 0.6 is 0 Å². The van der Waals surface area contributed by atoms with Crippen LogP contribution < -0.4 is 4.74 Å². The molecular weight excluding hydrogens is 418 g/mol. The van der Waals surface area contributed by atoms with E-state index >= 15 is 0 Å². The zero-order chi connectivity index (χ0) is 23.2. The van der Waals surface area contributed by atoms with Crippen molar-refractivity contribution >= 4 is 17.6 Å². The van der Waals surface area contributed by atoms with Crippen LogP contribution in [0.4, 0.5) is 0 Å². The molecule has 0 saturated carbocycles. The molecule has 2 aromatic rings. The van der Waals surface area contributed by atoms with E-state index in [0.717, 1.165) is 35.4 Å². The van der Waals surface area contributed by atoms with E-state index in [1.54, 1.807) is 19.0 Å². The first kappa shape index (κ1) is 23.0. The molecule has 0 unspecified atom stereocenters. The molecular formula is C26H31N3O4. The Balaban J connectivity index is 1.60. The van der Waals surface area contributed by atoms with Crippen LogP contribution in [0, 0.1) is 0 Å². The molecule has 0 bridgehead atoms. The van der Waals surface area contributed by atoms with Crippen molar-refractivity contribution in [2.24, 2.45) is 5.10 Å². The summed E-state index contributed by atoms with van der Waals surface area (Å²) < 4.78 is 10.8. The zero-order valence-electron chi connectivity index (χ0n) is 19.3. The number of ether oxygens (including phenoxy) is 2. The minimum atomic E-state index is -0.377. The molecule has 2 aliphatic rings. The van der Waals surface area contributed by atoms with Gasteiger partial charge in [-0.1, -0.05) is 48.9 Å². The third-order valence-corrected chi connectivity index (χ3v) is 6.28. The summed E-state index contributed by atoms with van der Waals surface area (Å²) in [6.07, 6.45) is 3.23. The lowest BCUT2D eigenvalue weighted by atomic mass is 9.98. The summed E-state index contributed by atoms with van der Waals surface area (Å²) in [6, 6.07) is 17.1. The molecule has 33 heavy (non-hydrogen) atoms. The van der Waals surface area contributed by atoms with Crippen LogP contribution in [-0.4, -0.2) is 60.3 Å². The number of hydrogen-bond acceptors (Lipinski definition) is 6. The van der Waals surface area contributed by atoms with Crippen LogP contribution in [0.5, 0.6) is 5.75 Å². The second-order valence-electron chi connectivity index (χ2n) is 8.35. The number of para-hydroxylation sites is 1. The second kappa shape index (κ2) is 10.6. The maximum atomic E-state index is 13.5. The third-order valence-electron chi connectivity index (χ3n) is 6.28. The average molecular weight is 450 g/mol. The monoisotopic (exact) mass is 449 g/mol. The van der Waals surface area contributed by atoms with Crippen LogP contribution in [0.15, 0.2) is 59.7 Å². The number of benzene rings is 2. The zero-order valence-corrected chi connectivity index (χ0v) is 19.3. The summed E-state index contributed by atoms with van der Waals surface area (Å²) in [7, 11) is 1.64. The van der Waals surface area contributed by atoms with E-state index < -0.39 is 0 Å². The maximum Gasteiger partial charge on any atom is 0.323 e. The minimum Gasteiger partial charge on any atom is -0.496 e. The van der Waals surface area contributed by atoms with Gasteiger partial charge in [-0.3, -0.25) is 14.5 Å². The Morgan fingerprint density at radius 1 is 1.06 bits per heavy atom. The minimum absolute atomic E-state index is 0.120. The van der Waals surface area contributed by atoms with Crippen molar-refractivity contribution in [1.82, 2.24) is 9.91 Å². The standard InChI is InChI=1S/C26H31N3O4/c1-3-33-26(31)22-14-9-10-16-28(22)18-25(30)29-23(19-11-5-4-6-12-19)17-21(27-29)20-13-7-8-15-24(20)32-2/h4-8,11-13,15,22-23H,3,9-10,14,16-18H2,1-2H3/t22-,23-/m1/s1. The molecule has 2 aliphatic heterocycles. The number of piperidine rings is 1. The lowest BCUT2D eigenvalue weighted by molar-refractivity contribution is -0.152. The van der Waals surface area contributed by atoms with Gasteiger partial charge in [-0.05, 0) is 44.0 Å². The first-order valence-electron chi connectivity index (χ1n) is 11.6. The number of nitrogens with zero attached hydrogens (tertiary/aromatic N) is 3. The van der Waals surface area contributed by atoms with Crippen molar-refractivity contribution in [1.29, 1.82) is 0 Å². The van der Waals surface area contributed by atoms with Gasteiger partial charge in [-0.15, -0.1) is 0 Å². The second-order valence-corrected chi connectivity index (χ2v) is 8.35. The van der Waals surface area contributed by atoms with Crippen LogP contribution in [-0.2, 0) is 14.3 Å². The van der Waals surface area contributed by atoms with Crippen LogP contribution in [0.1, 0.15) is 49.8 Å². The number of likely N-dealkylation sites (tertiary alicyclic amines) is 1. The van der Waals surface area contributed by atoms with E-state index in [1.165, 1.54) is 0 Å². The highest BCUT2D eigenvalue weighted by molar-refractivity contribution is 6.05. The lowest BCUT2D eigenvalue weighted by Gasteiger charge is -2.34. The summed E-state index contributed by atoms with van der Waals surface area (Å²) in [4.78, 5) is 28.0. The quantitative estimate of drug-likeness (QED) is 0.602. The topological polar surface area (TPSA) is 71.4 Å². The Bertz CT molecular complexity index is 1010. The van der Waals surface area contributed by atoms with Gasteiger partial charge in [0, 0.05) is 12.0 Å². The van der Waals surface area contributed by atoms with Gasteiger partial charge >= 0.3 is 5.97 Å². The maximum absolute atomic E-state index is 13.5. The number of methoxy groups -OCH3 is 1. The van der Waals surface area contributed by atoms with E-state index in [1.807, 2.05) is 59.5 Å². The van der Waals surface area contributed by atoms with Crippen molar-refractivity contribution in [3.63, 3.8) is 0 Å². The third kappa shape index (κ3) is 5.09. The summed E-state index contributed by atoms with van der Waals surface area (Å²) in [5, 5.41) is 6.37. The van der Waals surface area contributed by atoms with E-state index in [0.29, 0.717) is 26.0 Å². The predicted molar refractivity (Wildman–Crippen MR) is 126 cm³/mol. The highest BCUT2D eigenvalue weighted by Gasteiger charge is 2.37. The summed E-state index contributed by atoms with van der Waals surface area (Å²) in [5.74, 6) is 0.366. The number of hydrogen-bond donors (Lipinski definition) is 0. The molecule has 7 heteroatoms. The number of carbonyl (C=O) groups excluding carboxylic acids is 2. The van der Waals surface area contributed by atoms with Crippen molar-refractivity contribution in [2.75, 3.05) is 26.8 Å². The fourth-order valence-corrected chi connectivity index (χ4v) is 4.65. The molecule has 1 amide bonds. The largest absolute Gasteiger partial charge is 0.496 e. The van der Waals surface area contributed by atoms with Crippen molar-refractivity contribution < 1.29 is 19.1 Å². The van der Waals surface area contributed by atoms with Gasteiger partial charge in [0.25, 0.3) is 5.91 Å². The van der Waals surface area contributed by atoms with E-state index in [9.17, 15) is 9.59 Å². The predicted octanol–water partition coefficient (Wildman–Crippen LogP) is 3.79. The first-order valence-corrected chi connectivity index (χ1v) is 11.6. The average Bonchev–Trinajstić information content (AvgIpc) is 3.30. The van der Waals surface area contributed by atoms with Crippen LogP contribution in [0.3, 0.4) is 0 Å². The molecule has 1 fully saturated rings. The van der Waals surface area contributed by atoms with E-state index in [4.69, 9.17) is 14.6 Å². The summed E-state index contributed by atoms with van der Waals surface area (Å²) in [5.41, 5.74) is 2.73. The highest BCUT2D eigenvalue weighted by atomic mass is 16.5. The van der Waals surface area contributed by atoms with Crippen LogP contribution in [0.25, 0.3) is 0 Å². The molecule has 2 heterocycles. The number of hydrazone groups is 1. The molecule has 7 nitrogen and oxygen atoms in total. The molecule has 4 rings (SSSR count). The van der Waals surface area contributed by atoms with E-state index in [2.05, 4.69) is 0 Å². The molecule has 0 aromatic heterocycles. The Hall–Kier alpha value is -3.19. The van der Waals surface area contributed by atoms with Gasteiger partial charge in [-0.2, -0.15) is 5.10 Å². The number of carbonyl (C=O) groups is 2. The fraction of sp³-hybridized carbons (Fsp3) is 0.423. The van der Waals surface area contributed by atoms with Gasteiger partial charge in [-0.25, -0.2) is 5.01 Å². The normalized spacial score (nSPS) is 20.9. The SMILES string of the molecule is CCOC(=O)[C@H]1CCCCN1CC(=O)N1N=C(c2ccccc2OC)C[C@@H]1c1ccccc1. The lowest BCUT2D eigenvalue weighted by Crippen LogP contribution is -2.49. The number of esters is 1. The summed E-state index contributed by atoms with van der Waals surface area (Å²) >= 11 is 0. The van der Waals surface area contributed by atoms with Crippen molar-refractivity contribution in [3.8, 4) is 5.75 Å². The molecule has 174 valence electrons. The molecule has 1 saturated heterocycles. The Kier molecular flexibility index (Phi) is 7.40. The van der Waals surface area contributed by atoms with Gasteiger partial charge < -0.3 is 9.47 Å². The Morgan fingerprint density at radius 3 is 2.58 bits per heavy atom. The number of rotatable bonds is 7. The highest BCUT2D eigenvalue weighted by Crippen LogP contribution is 2.35.